The summed E-state index contributed by atoms with van der Waals surface area (Å²) >= 11 is 0. The Morgan fingerprint density at radius 1 is 1.40 bits per heavy atom. The number of aromatic amines is 1. The zero-order valence-electron chi connectivity index (χ0n) is 11.3. The number of carbonyl (C=O) groups is 1. The molecule has 1 aromatic heterocycles. The lowest BCUT2D eigenvalue weighted by Gasteiger charge is -2.16. The maximum Gasteiger partial charge on any atom is 0.269 e. The van der Waals surface area contributed by atoms with Crippen molar-refractivity contribution >= 4 is 5.91 Å². The number of benzene rings is 1. The van der Waals surface area contributed by atoms with E-state index in [9.17, 15) is 9.18 Å². The number of amides is 1. The summed E-state index contributed by atoms with van der Waals surface area (Å²) in [6.07, 6.45) is 2.95. The Labute approximate surface area is 116 Å². The van der Waals surface area contributed by atoms with Gasteiger partial charge in [0, 0.05) is 19.6 Å². The van der Waals surface area contributed by atoms with E-state index in [1.807, 2.05) is 7.05 Å². The molecule has 1 amide bonds. The topological polar surface area (TPSA) is 61.0 Å². The minimum absolute atomic E-state index is 0.169. The number of imidazole rings is 1. The molecular weight excluding hydrogens is 259 g/mol. The van der Waals surface area contributed by atoms with Crippen molar-refractivity contribution in [2.75, 3.05) is 20.1 Å². The molecule has 106 valence electrons. The number of hydrogen-bond acceptors (Lipinski definition) is 3. The Kier molecular flexibility index (Phi) is 4.84. The number of nitrogens with zero attached hydrogens (tertiary/aromatic N) is 2. The highest BCUT2D eigenvalue weighted by Gasteiger charge is 2.06. The maximum absolute atomic E-state index is 12.8. The molecule has 0 aliphatic rings. The SMILES string of the molecule is CN(CCNC(=O)c1cnc[nH]1)Cc1ccc(F)cc1. The molecule has 0 aliphatic heterocycles. The summed E-state index contributed by atoms with van der Waals surface area (Å²) in [6.45, 7) is 1.95. The molecule has 20 heavy (non-hydrogen) atoms. The molecule has 0 saturated carbocycles. The summed E-state index contributed by atoms with van der Waals surface area (Å²) in [5.41, 5.74) is 1.49. The van der Waals surface area contributed by atoms with E-state index in [2.05, 4.69) is 20.2 Å². The van der Waals surface area contributed by atoms with Gasteiger partial charge in [-0.25, -0.2) is 9.37 Å². The smallest absolute Gasteiger partial charge is 0.269 e. The van der Waals surface area contributed by atoms with Crippen LogP contribution in [0, 0.1) is 5.82 Å². The quantitative estimate of drug-likeness (QED) is 0.838. The second kappa shape index (κ2) is 6.81. The Hall–Kier alpha value is -2.21. The van der Waals surface area contributed by atoms with Crippen LogP contribution in [0.4, 0.5) is 4.39 Å². The van der Waals surface area contributed by atoms with Crippen molar-refractivity contribution in [2.24, 2.45) is 0 Å². The lowest BCUT2D eigenvalue weighted by molar-refractivity contribution is 0.0945. The number of rotatable bonds is 6. The van der Waals surface area contributed by atoms with Gasteiger partial charge in [-0.3, -0.25) is 4.79 Å². The van der Waals surface area contributed by atoms with Crippen LogP contribution in [-0.2, 0) is 6.54 Å². The lowest BCUT2D eigenvalue weighted by Crippen LogP contribution is -2.32. The Balaban J connectivity index is 1.71. The molecule has 1 heterocycles. The first-order valence-corrected chi connectivity index (χ1v) is 6.34. The van der Waals surface area contributed by atoms with Crippen molar-refractivity contribution in [1.29, 1.82) is 0 Å². The summed E-state index contributed by atoms with van der Waals surface area (Å²) < 4.78 is 12.8. The van der Waals surface area contributed by atoms with Crippen molar-refractivity contribution in [1.82, 2.24) is 20.2 Å². The van der Waals surface area contributed by atoms with Crippen LogP contribution in [-0.4, -0.2) is 40.9 Å². The summed E-state index contributed by atoms with van der Waals surface area (Å²) in [5, 5.41) is 2.80. The summed E-state index contributed by atoms with van der Waals surface area (Å²) in [6, 6.07) is 6.41. The molecule has 0 bridgehead atoms. The van der Waals surface area contributed by atoms with Gasteiger partial charge in [-0.1, -0.05) is 12.1 Å². The van der Waals surface area contributed by atoms with E-state index in [-0.39, 0.29) is 11.7 Å². The molecule has 0 radical (unpaired) electrons. The van der Waals surface area contributed by atoms with Gasteiger partial charge < -0.3 is 15.2 Å². The van der Waals surface area contributed by atoms with E-state index >= 15 is 0 Å². The van der Waals surface area contributed by atoms with E-state index in [0.29, 0.717) is 25.3 Å². The second-order valence-corrected chi connectivity index (χ2v) is 4.59. The molecule has 0 saturated heterocycles. The van der Waals surface area contributed by atoms with E-state index in [0.717, 1.165) is 5.56 Å². The zero-order valence-corrected chi connectivity index (χ0v) is 11.3. The predicted molar refractivity (Wildman–Crippen MR) is 73.7 cm³/mol. The van der Waals surface area contributed by atoms with Crippen LogP contribution in [0.3, 0.4) is 0 Å². The molecule has 0 fully saturated rings. The monoisotopic (exact) mass is 276 g/mol. The second-order valence-electron chi connectivity index (χ2n) is 4.59. The van der Waals surface area contributed by atoms with Crippen molar-refractivity contribution in [3.63, 3.8) is 0 Å². The van der Waals surface area contributed by atoms with Crippen LogP contribution < -0.4 is 5.32 Å². The van der Waals surface area contributed by atoms with Crippen LogP contribution in [0.2, 0.25) is 0 Å². The molecule has 0 atom stereocenters. The number of H-pyrrole nitrogens is 1. The highest BCUT2D eigenvalue weighted by molar-refractivity contribution is 5.91. The van der Waals surface area contributed by atoms with Crippen LogP contribution in [0.25, 0.3) is 0 Å². The van der Waals surface area contributed by atoms with Gasteiger partial charge in [0.1, 0.15) is 11.5 Å². The van der Waals surface area contributed by atoms with Gasteiger partial charge in [0.05, 0.1) is 12.5 Å². The molecular formula is C14H17FN4O. The van der Waals surface area contributed by atoms with Gasteiger partial charge in [0.25, 0.3) is 5.91 Å². The molecule has 2 rings (SSSR count). The van der Waals surface area contributed by atoms with Crippen molar-refractivity contribution in [3.05, 3.63) is 53.9 Å². The van der Waals surface area contributed by atoms with Gasteiger partial charge in [0.2, 0.25) is 0 Å². The molecule has 0 unspecified atom stereocenters. The highest BCUT2D eigenvalue weighted by Crippen LogP contribution is 2.05. The predicted octanol–water partition coefficient (Wildman–Crippen LogP) is 1.41. The largest absolute Gasteiger partial charge is 0.349 e. The number of carbonyl (C=O) groups excluding carboxylic acids is 1. The highest BCUT2D eigenvalue weighted by atomic mass is 19.1. The molecule has 2 aromatic rings. The Morgan fingerprint density at radius 2 is 2.15 bits per heavy atom. The number of halogens is 1. The summed E-state index contributed by atoms with van der Waals surface area (Å²) in [4.78, 5) is 20.2. The maximum atomic E-state index is 12.8. The summed E-state index contributed by atoms with van der Waals surface area (Å²) in [5.74, 6) is -0.402. The van der Waals surface area contributed by atoms with Gasteiger partial charge >= 0.3 is 0 Å². The standard InChI is InChI=1S/C14H17FN4O/c1-19(9-11-2-4-12(15)5-3-11)7-6-17-14(20)13-8-16-10-18-13/h2-5,8,10H,6-7,9H2,1H3,(H,16,18)(H,17,20). The number of likely N-dealkylation sites (N-methyl/N-ethyl adjacent to an activating group) is 1. The first kappa shape index (κ1) is 14.2. The normalized spacial score (nSPS) is 10.8. The first-order chi connectivity index (χ1) is 9.65. The third kappa shape index (κ3) is 4.17. The Bertz CT molecular complexity index is 539. The number of nitrogens with one attached hydrogen (secondary N) is 2. The van der Waals surface area contributed by atoms with Crippen LogP contribution in [0.15, 0.2) is 36.8 Å². The van der Waals surface area contributed by atoms with Crippen LogP contribution >= 0.6 is 0 Å². The molecule has 0 spiro atoms. The van der Waals surface area contributed by atoms with E-state index in [4.69, 9.17) is 0 Å². The van der Waals surface area contributed by atoms with Crippen LogP contribution in [0.5, 0.6) is 0 Å². The minimum atomic E-state index is -0.233. The molecule has 2 N–H and O–H groups in total. The van der Waals surface area contributed by atoms with E-state index < -0.39 is 0 Å². The lowest BCUT2D eigenvalue weighted by atomic mass is 10.2. The number of aromatic nitrogens is 2. The molecule has 6 heteroatoms. The number of hydrogen-bond donors (Lipinski definition) is 2. The van der Waals surface area contributed by atoms with Gasteiger partial charge in [-0.2, -0.15) is 0 Å². The van der Waals surface area contributed by atoms with Crippen molar-refractivity contribution in [2.45, 2.75) is 6.54 Å². The van der Waals surface area contributed by atoms with Crippen molar-refractivity contribution < 1.29 is 9.18 Å². The van der Waals surface area contributed by atoms with Crippen molar-refractivity contribution in [3.8, 4) is 0 Å². The first-order valence-electron chi connectivity index (χ1n) is 6.34. The average Bonchev–Trinajstić information content (AvgIpc) is 2.95. The fourth-order valence-corrected chi connectivity index (χ4v) is 1.82. The molecule has 0 aliphatic carbocycles. The molecule has 1 aromatic carbocycles. The minimum Gasteiger partial charge on any atom is -0.349 e. The third-order valence-corrected chi connectivity index (χ3v) is 2.89. The Morgan fingerprint density at radius 3 is 2.80 bits per heavy atom. The molecule has 5 nitrogen and oxygen atoms in total. The average molecular weight is 276 g/mol. The van der Waals surface area contributed by atoms with E-state index in [1.165, 1.54) is 24.7 Å². The van der Waals surface area contributed by atoms with E-state index in [1.54, 1.807) is 12.1 Å². The third-order valence-electron chi connectivity index (χ3n) is 2.89. The zero-order chi connectivity index (χ0) is 14.4. The van der Waals surface area contributed by atoms with Gasteiger partial charge in [-0.15, -0.1) is 0 Å². The fraction of sp³-hybridized carbons (Fsp3) is 0.286. The van der Waals surface area contributed by atoms with Gasteiger partial charge in [-0.05, 0) is 24.7 Å². The summed E-state index contributed by atoms with van der Waals surface area (Å²) in [7, 11) is 1.95. The van der Waals surface area contributed by atoms with Crippen LogP contribution in [0.1, 0.15) is 16.1 Å². The fourth-order valence-electron chi connectivity index (χ4n) is 1.82. The van der Waals surface area contributed by atoms with Gasteiger partial charge in [0.15, 0.2) is 0 Å².